The molecule has 4 heteroatoms. The molecule has 0 radical (unpaired) electrons. The summed E-state index contributed by atoms with van der Waals surface area (Å²) in [7, 11) is 0. The fourth-order valence-corrected chi connectivity index (χ4v) is 2.14. The van der Waals surface area contributed by atoms with E-state index in [1.54, 1.807) is 0 Å². The Morgan fingerprint density at radius 2 is 2.20 bits per heavy atom. The van der Waals surface area contributed by atoms with Gasteiger partial charge in [0.15, 0.2) is 0 Å². The van der Waals surface area contributed by atoms with Gasteiger partial charge in [0.2, 0.25) is 0 Å². The quantitative estimate of drug-likeness (QED) is 0.689. The maximum absolute atomic E-state index is 11.2. The van der Waals surface area contributed by atoms with Gasteiger partial charge in [-0.2, -0.15) is 0 Å². The SMILES string of the molecule is CC(C)c1[nH]c2c(c1C(=O)O)CCNC2. The third-order valence-corrected chi connectivity index (χ3v) is 2.87. The van der Waals surface area contributed by atoms with Gasteiger partial charge in [0.1, 0.15) is 0 Å². The Morgan fingerprint density at radius 1 is 1.47 bits per heavy atom. The van der Waals surface area contributed by atoms with Crippen LogP contribution < -0.4 is 5.32 Å². The van der Waals surface area contributed by atoms with Crippen LogP contribution in [0.15, 0.2) is 0 Å². The van der Waals surface area contributed by atoms with Crippen LogP contribution in [0.25, 0.3) is 0 Å². The number of rotatable bonds is 2. The van der Waals surface area contributed by atoms with Gasteiger partial charge in [-0.3, -0.25) is 0 Å². The first kappa shape index (κ1) is 10.2. The summed E-state index contributed by atoms with van der Waals surface area (Å²) in [5.41, 5.74) is 3.39. The molecule has 0 atom stereocenters. The molecule has 1 aliphatic rings. The summed E-state index contributed by atoms with van der Waals surface area (Å²) < 4.78 is 0. The number of nitrogens with one attached hydrogen (secondary N) is 2. The maximum atomic E-state index is 11.2. The molecule has 0 aliphatic carbocycles. The molecule has 0 saturated carbocycles. The summed E-state index contributed by atoms with van der Waals surface area (Å²) in [6.45, 7) is 5.64. The molecular formula is C11H16N2O2. The molecule has 82 valence electrons. The van der Waals surface area contributed by atoms with Crippen molar-refractivity contribution < 1.29 is 9.90 Å². The van der Waals surface area contributed by atoms with E-state index < -0.39 is 5.97 Å². The average Bonchev–Trinajstić information content (AvgIpc) is 2.56. The highest BCUT2D eigenvalue weighted by atomic mass is 16.4. The molecule has 1 aromatic rings. The van der Waals surface area contributed by atoms with Crippen molar-refractivity contribution in [3.05, 3.63) is 22.5 Å². The largest absolute Gasteiger partial charge is 0.478 e. The first-order chi connectivity index (χ1) is 7.11. The third kappa shape index (κ3) is 1.65. The van der Waals surface area contributed by atoms with Crippen LogP contribution in [0.4, 0.5) is 0 Å². The summed E-state index contributed by atoms with van der Waals surface area (Å²) >= 11 is 0. The molecule has 0 spiro atoms. The summed E-state index contributed by atoms with van der Waals surface area (Å²) in [5, 5.41) is 12.5. The highest BCUT2D eigenvalue weighted by molar-refractivity contribution is 5.91. The zero-order valence-corrected chi connectivity index (χ0v) is 9.05. The minimum absolute atomic E-state index is 0.224. The van der Waals surface area contributed by atoms with E-state index in [4.69, 9.17) is 0 Å². The highest BCUT2D eigenvalue weighted by Crippen LogP contribution is 2.27. The van der Waals surface area contributed by atoms with Crippen molar-refractivity contribution >= 4 is 5.97 Å². The minimum Gasteiger partial charge on any atom is -0.478 e. The predicted octanol–water partition coefficient (Wildman–Crippen LogP) is 1.48. The number of hydrogen-bond donors (Lipinski definition) is 3. The van der Waals surface area contributed by atoms with Gasteiger partial charge >= 0.3 is 5.97 Å². The van der Waals surface area contributed by atoms with E-state index in [2.05, 4.69) is 10.3 Å². The lowest BCUT2D eigenvalue weighted by atomic mass is 9.99. The van der Waals surface area contributed by atoms with E-state index in [1.165, 1.54) is 0 Å². The van der Waals surface area contributed by atoms with Gasteiger partial charge in [-0.25, -0.2) is 4.79 Å². The van der Waals surface area contributed by atoms with Crippen molar-refractivity contribution in [1.82, 2.24) is 10.3 Å². The summed E-state index contributed by atoms with van der Waals surface area (Å²) in [6.07, 6.45) is 0.806. The van der Waals surface area contributed by atoms with Crippen LogP contribution in [-0.4, -0.2) is 22.6 Å². The lowest BCUT2D eigenvalue weighted by Crippen LogP contribution is -2.24. The highest BCUT2D eigenvalue weighted by Gasteiger charge is 2.25. The van der Waals surface area contributed by atoms with Crippen LogP contribution in [0.3, 0.4) is 0 Å². The van der Waals surface area contributed by atoms with Gasteiger partial charge in [0, 0.05) is 17.9 Å². The fourth-order valence-electron chi connectivity index (χ4n) is 2.14. The van der Waals surface area contributed by atoms with Crippen LogP contribution in [0.1, 0.15) is 47.1 Å². The molecule has 1 aromatic heterocycles. The number of hydrogen-bond acceptors (Lipinski definition) is 2. The van der Waals surface area contributed by atoms with Crippen molar-refractivity contribution in [1.29, 1.82) is 0 Å². The number of carboxylic acid groups (broad SMARTS) is 1. The van der Waals surface area contributed by atoms with Crippen LogP contribution >= 0.6 is 0 Å². The predicted molar refractivity (Wildman–Crippen MR) is 57.3 cm³/mol. The Balaban J connectivity index is 2.56. The second-order valence-electron chi connectivity index (χ2n) is 4.26. The van der Waals surface area contributed by atoms with Gasteiger partial charge in [0.05, 0.1) is 5.56 Å². The first-order valence-corrected chi connectivity index (χ1v) is 5.29. The Morgan fingerprint density at radius 3 is 2.80 bits per heavy atom. The smallest absolute Gasteiger partial charge is 0.337 e. The van der Waals surface area contributed by atoms with Crippen LogP contribution in [0.5, 0.6) is 0 Å². The molecule has 1 aliphatic heterocycles. The molecular weight excluding hydrogens is 192 g/mol. The standard InChI is InChI=1S/C11H16N2O2/c1-6(2)10-9(11(14)15)7-3-4-12-5-8(7)13-10/h6,12-13H,3-5H2,1-2H3,(H,14,15). The van der Waals surface area contributed by atoms with E-state index in [0.717, 1.165) is 36.5 Å². The van der Waals surface area contributed by atoms with Crippen molar-refractivity contribution in [3.63, 3.8) is 0 Å². The molecule has 3 N–H and O–H groups in total. The number of aromatic carboxylic acids is 1. The molecule has 0 saturated heterocycles. The molecule has 15 heavy (non-hydrogen) atoms. The van der Waals surface area contributed by atoms with Crippen LogP contribution in [-0.2, 0) is 13.0 Å². The normalized spacial score (nSPS) is 15.4. The maximum Gasteiger partial charge on any atom is 0.337 e. The van der Waals surface area contributed by atoms with Crippen molar-refractivity contribution in [3.8, 4) is 0 Å². The van der Waals surface area contributed by atoms with E-state index in [0.29, 0.717) is 5.56 Å². The van der Waals surface area contributed by atoms with Gasteiger partial charge < -0.3 is 15.4 Å². The molecule has 0 amide bonds. The van der Waals surface area contributed by atoms with Gasteiger partial charge in [0.25, 0.3) is 0 Å². The number of carboxylic acids is 1. The first-order valence-electron chi connectivity index (χ1n) is 5.29. The Hall–Kier alpha value is -1.29. The average molecular weight is 208 g/mol. The molecule has 2 heterocycles. The molecule has 0 aromatic carbocycles. The van der Waals surface area contributed by atoms with Gasteiger partial charge in [-0.05, 0) is 24.4 Å². The topological polar surface area (TPSA) is 65.1 Å². The van der Waals surface area contributed by atoms with E-state index >= 15 is 0 Å². The summed E-state index contributed by atoms with van der Waals surface area (Å²) in [6, 6.07) is 0. The molecule has 0 fully saturated rings. The lowest BCUT2D eigenvalue weighted by Gasteiger charge is -2.12. The van der Waals surface area contributed by atoms with Gasteiger partial charge in [-0.15, -0.1) is 0 Å². The zero-order chi connectivity index (χ0) is 11.0. The van der Waals surface area contributed by atoms with E-state index in [9.17, 15) is 9.90 Å². The van der Waals surface area contributed by atoms with Crippen molar-refractivity contribution in [2.75, 3.05) is 6.54 Å². The van der Waals surface area contributed by atoms with Crippen LogP contribution in [0, 0.1) is 0 Å². The van der Waals surface area contributed by atoms with E-state index in [1.807, 2.05) is 13.8 Å². The fraction of sp³-hybridized carbons (Fsp3) is 0.545. The van der Waals surface area contributed by atoms with E-state index in [-0.39, 0.29) is 5.92 Å². The number of H-pyrrole nitrogens is 1. The second-order valence-corrected chi connectivity index (χ2v) is 4.26. The second kappa shape index (κ2) is 3.70. The number of carbonyl (C=O) groups is 1. The third-order valence-electron chi connectivity index (χ3n) is 2.87. The van der Waals surface area contributed by atoms with Crippen LogP contribution in [0.2, 0.25) is 0 Å². The summed E-state index contributed by atoms with van der Waals surface area (Å²) in [4.78, 5) is 14.5. The zero-order valence-electron chi connectivity index (χ0n) is 9.05. The Kier molecular flexibility index (Phi) is 2.52. The molecule has 4 nitrogen and oxygen atoms in total. The lowest BCUT2D eigenvalue weighted by molar-refractivity contribution is 0.0694. The van der Waals surface area contributed by atoms with Crippen molar-refractivity contribution in [2.45, 2.75) is 32.7 Å². The number of aromatic amines is 1. The number of aromatic nitrogens is 1. The number of fused-ring (bicyclic) bond motifs is 1. The molecule has 2 rings (SSSR count). The Bertz CT molecular complexity index is 394. The minimum atomic E-state index is -0.807. The van der Waals surface area contributed by atoms with Crippen molar-refractivity contribution in [2.24, 2.45) is 0 Å². The summed E-state index contributed by atoms with van der Waals surface area (Å²) in [5.74, 6) is -0.584. The van der Waals surface area contributed by atoms with Gasteiger partial charge in [-0.1, -0.05) is 13.8 Å². The monoisotopic (exact) mass is 208 g/mol. The molecule has 0 unspecified atom stereocenters. The molecule has 0 bridgehead atoms. The Labute approximate surface area is 88.7 Å².